The van der Waals surface area contributed by atoms with Crippen LogP contribution < -0.4 is 14.8 Å². The number of carbonyl (C=O) groups excluding carboxylic acids is 1. The molecular formula is C30H30F6N2O3. The van der Waals surface area contributed by atoms with E-state index in [4.69, 9.17) is 0 Å². The highest BCUT2D eigenvalue weighted by Crippen LogP contribution is 2.40. The van der Waals surface area contributed by atoms with Crippen LogP contribution in [0.1, 0.15) is 36.5 Å². The van der Waals surface area contributed by atoms with Crippen molar-refractivity contribution in [3.63, 3.8) is 0 Å². The summed E-state index contributed by atoms with van der Waals surface area (Å²) in [7, 11) is 0. The average molecular weight is 581 g/mol. The highest BCUT2D eigenvalue weighted by molar-refractivity contribution is 5.74. The van der Waals surface area contributed by atoms with Crippen molar-refractivity contribution in [2.24, 2.45) is 5.92 Å². The van der Waals surface area contributed by atoms with Crippen molar-refractivity contribution in [2.45, 2.75) is 44.3 Å². The fourth-order valence-corrected chi connectivity index (χ4v) is 5.11. The number of carbonyl (C=O) groups is 1. The van der Waals surface area contributed by atoms with Gasteiger partial charge in [0.25, 0.3) is 0 Å². The topological polar surface area (TPSA) is 50.8 Å². The van der Waals surface area contributed by atoms with Crippen molar-refractivity contribution < 1.29 is 40.6 Å². The lowest BCUT2D eigenvalue weighted by molar-refractivity contribution is -0.275. The minimum atomic E-state index is -4.96. The van der Waals surface area contributed by atoms with Gasteiger partial charge in [0.15, 0.2) is 0 Å². The van der Waals surface area contributed by atoms with Crippen LogP contribution in [0, 0.1) is 5.92 Å². The zero-order valence-electron chi connectivity index (χ0n) is 22.3. The lowest BCUT2D eigenvalue weighted by Crippen LogP contribution is -2.49. The number of hydrogen-bond donors (Lipinski definition) is 1. The van der Waals surface area contributed by atoms with E-state index in [0.717, 1.165) is 30.5 Å². The molecule has 1 aliphatic rings. The predicted molar refractivity (Wildman–Crippen MR) is 141 cm³/mol. The molecule has 0 atom stereocenters. The lowest BCUT2D eigenvalue weighted by Gasteiger charge is -2.38. The zero-order chi connectivity index (χ0) is 29.7. The SMILES string of the molecule is CC1CCN(C(=O)NCC(Cc2ccccc2)(c2cccc(OC(F)(F)F)c2)c2cccc(OC(F)(F)F)c2)CC1. The van der Waals surface area contributed by atoms with E-state index in [9.17, 15) is 31.1 Å². The van der Waals surface area contributed by atoms with Crippen molar-refractivity contribution in [1.29, 1.82) is 0 Å². The van der Waals surface area contributed by atoms with E-state index in [1.807, 2.05) is 0 Å². The van der Waals surface area contributed by atoms with E-state index in [1.54, 1.807) is 47.4 Å². The first-order valence-electron chi connectivity index (χ1n) is 13.1. The van der Waals surface area contributed by atoms with Crippen LogP contribution in [0.2, 0.25) is 0 Å². The number of urea groups is 1. The summed E-state index contributed by atoms with van der Waals surface area (Å²) >= 11 is 0. The smallest absolute Gasteiger partial charge is 0.406 e. The molecule has 0 unspecified atom stereocenters. The Labute approximate surface area is 234 Å². The monoisotopic (exact) mass is 580 g/mol. The fourth-order valence-electron chi connectivity index (χ4n) is 5.11. The Morgan fingerprint density at radius 1 is 0.805 bits per heavy atom. The number of ether oxygens (including phenoxy) is 2. The Balaban J connectivity index is 1.82. The third kappa shape index (κ3) is 8.31. The Kier molecular flexibility index (Phi) is 9.04. The van der Waals surface area contributed by atoms with Gasteiger partial charge in [-0.25, -0.2) is 4.79 Å². The van der Waals surface area contributed by atoms with Gasteiger partial charge in [0, 0.05) is 25.0 Å². The molecular weight excluding hydrogens is 550 g/mol. The van der Waals surface area contributed by atoms with E-state index in [0.29, 0.717) is 30.1 Å². The molecule has 0 saturated carbocycles. The largest absolute Gasteiger partial charge is 0.573 e. The van der Waals surface area contributed by atoms with E-state index in [2.05, 4.69) is 21.7 Å². The van der Waals surface area contributed by atoms with Gasteiger partial charge in [0.05, 0.1) is 0 Å². The Morgan fingerprint density at radius 2 is 1.32 bits per heavy atom. The van der Waals surface area contributed by atoms with Crippen LogP contribution in [0.4, 0.5) is 31.1 Å². The second kappa shape index (κ2) is 12.3. The van der Waals surface area contributed by atoms with Crippen LogP contribution >= 0.6 is 0 Å². The van der Waals surface area contributed by atoms with Crippen molar-refractivity contribution in [3.8, 4) is 11.5 Å². The van der Waals surface area contributed by atoms with Gasteiger partial charge in [-0.2, -0.15) is 0 Å². The summed E-state index contributed by atoms with van der Waals surface area (Å²) in [5, 5.41) is 2.92. The molecule has 1 heterocycles. The van der Waals surface area contributed by atoms with Crippen LogP contribution in [-0.4, -0.2) is 43.3 Å². The molecule has 1 aliphatic heterocycles. The number of piperidine rings is 1. The van der Waals surface area contributed by atoms with Gasteiger partial charge in [-0.3, -0.25) is 0 Å². The molecule has 3 aromatic carbocycles. The molecule has 1 fully saturated rings. The van der Waals surface area contributed by atoms with E-state index in [1.165, 1.54) is 24.3 Å². The number of halogens is 6. The fraction of sp³-hybridized carbons (Fsp3) is 0.367. The summed E-state index contributed by atoms with van der Waals surface area (Å²) in [5.41, 5.74) is 0.0493. The molecule has 1 N–H and O–H groups in total. The van der Waals surface area contributed by atoms with Gasteiger partial charge in [-0.1, -0.05) is 61.5 Å². The summed E-state index contributed by atoms with van der Waals surface area (Å²) in [6.45, 7) is 3.06. The number of nitrogens with one attached hydrogen (secondary N) is 1. The van der Waals surface area contributed by atoms with Gasteiger partial charge in [-0.15, -0.1) is 26.3 Å². The molecule has 2 amide bonds. The van der Waals surface area contributed by atoms with Crippen molar-refractivity contribution in [1.82, 2.24) is 10.2 Å². The molecule has 0 aromatic heterocycles. The molecule has 0 radical (unpaired) electrons. The van der Waals surface area contributed by atoms with Crippen molar-refractivity contribution >= 4 is 6.03 Å². The molecule has 0 aliphatic carbocycles. The Hall–Kier alpha value is -3.89. The Morgan fingerprint density at radius 3 is 1.80 bits per heavy atom. The predicted octanol–water partition coefficient (Wildman–Crippen LogP) is 7.45. The van der Waals surface area contributed by atoms with E-state index < -0.39 is 29.6 Å². The summed E-state index contributed by atoms with van der Waals surface area (Å²) in [4.78, 5) is 14.9. The molecule has 1 saturated heterocycles. The first-order valence-corrected chi connectivity index (χ1v) is 13.1. The van der Waals surface area contributed by atoms with Crippen molar-refractivity contribution in [3.05, 3.63) is 95.6 Å². The molecule has 11 heteroatoms. The van der Waals surface area contributed by atoms with Crippen LogP contribution in [0.15, 0.2) is 78.9 Å². The molecule has 3 aromatic rings. The third-order valence-electron chi connectivity index (χ3n) is 7.20. The van der Waals surface area contributed by atoms with Gasteiger partial charge in [-0.05, 0) is 66.1 Å². The summed E-state index contributed by atoms with van der Waals surface area (Å²) < 4.78 is 87.1. The number of amides is 2. The van der Waals surface area contributed by atoms with Crippen molar-refractivity contribution in [2.75, 3.05) is 19.6 Å². The van der Waals surface area contributed by atoms with E-state index >= 15 is 0 Å². The maximum Gasteiger partial charge on any atom is 0.573 e. The average Bonchev–Trinajstić information content (AvgIpc) is 2.90. The number of rotatable bonds is 8. The molecule has 41 heavy (non-hydrogen) atoms. The highest BCUT2D eigenvalue weighted by Gasteiger charge is 2.39. The maximum absolute atomic E-state index is 13.2. The quantitative estimate of drug-likeness (QED) is 0.282. The number of benzene rings is 3. The lowest BCUT2D eigenvalue weighted by atomic mass is 9.70. The van der Waals surface area contributed by atoms with Gasteiger partial charge in [0.1, 0.15) is 11.5 Å². The summed E-state index contributed by atoms with van der Waals surface area (Å²) in [6, 6.07) is 19.1. The minimum Gasteiger partial charge on any atom is -0.406 e. The van der Waals surface area contributed by atoms with Gasteiger partial charge in [0.2, 0.25) is 0 Å². The first kappa shape index (κ1) is 30.1. The summed E-state index contributed by atoms with van der Waals surface area (Å²) in [6.07, 6.45) is -8.12. The van der Waals surface area contributed by atoms with Crippen LogP contribution in [0.5, 0.6) is 11.5 Å². The number of nitrogens with zero attached hydrogens (tertiary/aromatic N) is 1. The second-order valence-electron chi connectivity index (χ2n) is 10.2. The van der Waals surface area contributed by atoms with Crippen LogP contribution in [0.3, 0.4) is 0 Å². The molecule has 220 valence electrons. The molecule has 0 bridgehead atoms. The van der Waals surface area contributed by atoms with Crippen LogP contribution in [-0.2, 0) is 11.8 Å². The van der Waals surface area contributed by atoms with E-state index in [-0.39, 0.29) is 19.0 Å². The normalized spacial score (nSPS) is 15.0. The maximum atomic E-state index is 13.2. The van der Waals surface area contributed by atoms with Crippen LogP contribution in [0.25, 0.3) is 0 Å². The highest BCUT2D eigenvalue weighted by atomic mass is 19.4. The molecule has 0 spiro atoms. The van der Waals surface area contributed by atoms with Gasteiger partial charge < -0.3 is 19.7 Å². The number of likely N-dealkylation sites (tertiary alicyclic amines) is 1. The minimum absolute atomic E-state index is 0.127. The zero-order valence-corrected chi connectivity index (χ0v) is 22.3. The standard InChI is InChI=1S/C30H30F6N2O3/c1-21-13-15-38(16-14-21)27(39)37-20-28(19-22-7-3-2-4-8-22,23-9-5-11-25(17-23)40-29(31,32)33)24-10-6-12-26(18-24)41-30(34,35)36/h2-12,17-18,21H,13-16,19-20H2,1H3,(H,37,39). The first-order chi connectivity index (χ1) is 19.3. The molecule has 5 nitrogen and oxygen atoms in total. The second-order valence-corrected chi connectivity index (χ2v) is 10.2. The Bertz CT molecular complexity index is 1250. The number of alkyl halides is 6. The number of hydrogen-bond acceptors (Lipinski definition) is 3. The third-order valence-corrected chi connectivity index (χ3v) is 7.20. The molecule has 4 rings (SSSR count). The van der Waals surface area contributed by atoms with Gasteiger partial charge >= 0.3 is 18.8 Å². The summed E-state index contributed by atoms with van der Waals surface area (Å²) in [5.74, 6) is -0.512.